The summed E-state index contributed by atoms with van der Waals surface area (Å²) in [5, 5.41) is 17.7. The van der Waals surface area contributed by atoms with Crippen molar-refractivity contribution in [1.29, 1.82) is 0 Å². The maximum absolute atomic E-state index is 13.4. The smallest absolute Gasteiger partial charge is 0.257 e. The van der Waals surface area contributed by atoms with E-state index in [4.69, 9.17) is 20.4 Å². The first kappa shape index (κ1) is 22.6. The highest BCUT2D eigenvalue weighted by Gasteiger charge is 2.26. The van der Waals surface area contributed by atoms with Crippen molar-refractivity contribution >= 4 is 40.1 Å². The lowest BCUT2D eigenvalue weighted by molar-refractivity contribution is 0.0930. The minimum Gasteiger partial charge on any atom is -0.504 e. The Labute approximate surface area is 202 Å². The number of carbonyl (C=O) groups excluding carboxylic acids is 1. The van der Waals surface area contributed by atoms with Crippen LogP contribution >= 0.6 is 0 Å². The number of rotatable bonds is 6. The Kier molecular flexibility index (Phi) is 6.22. The number of hydrogen-bond donors (Lipinski definition) is 3. The van der Waals surface area contributed by atoms with Crippen molar-refractivity contribution < 1.29 is 14.6 Å². The number of anilines is 1. The van der Waals surface area contributed by atoms with E-state index in [-0.39, 0.29) is 29.1 Å². The molecule has 0 spiro atoms. The molecule has 1 amide bonds. The number of phenolic OH excluding ortho intramolecular Hbond substituents is 1. The number of nitrogen functional groups attached to an aromatic ring is 1. The van der Waals surface area contributed by atoms with Crippen LogP contribution < -0.4 is 15.8 Å². The third-order valence-corrected chi connectivity index (χ3v) is 6.25. The van der Waals surface area contributed by atoms with E-state index in [1.807, 2.05) is 31.2 Å². The number of amides is 1. The fraction of sp³-hybridized carbons (Fsp3) is 0.308. The van der Waals surface area contributed by atoms with Crippen molar-refractivity contribution in [1.82, 2.24) is 20.0 Å². The van der Waals surface area contributed by atoms with Gasteiger partial charge in [0.2, 0.25) is 0 Å². The number of benzene rings is 2. The lowest BCUT2D eigenvalue weighted by Crippen LogP contribution is -2.36. The minimum atomic E-state index is -0.263. The number of phenols is 1. The Bertz CT molecular complexity index is 1420. The molecule has 9 nitrogen and oxygen atoms in total. The Morgan fingerprint density at radius 2 is 1.94 bits per heavy atom. The predicted octanol–water partition coefficient (Wildman–Crippen LogP) is 4.22. The average molecular weight is 473 g/mol. The number of nitrogens with zero attached hydrogens (tertiary/aromatic N) is 4. The van der Waals surface area contributed by atoms with Gasteiger partial charge in [0.1, 0.15) is 16.9 Å². The molecule has 0 saturated heterocycles. The van der Waals surface area contributed by atoms with Crippen LogP contribution in [0.1, 0.15) is 54.9 Å². The predicted molar refractivity (Wildman–Crippen MR) is 136 cm³/mol. The van der Waals surface area contributed by atoms with Gasteiger partial charge in [-0.15, -0.1) is 0 Å². The largest absolute Gasteiger partial charge is 0.504 e. The van der Waals surface area contributed by atoms with Crippen molar-refractivity contribution in [3.05, 3.63) is 53.6 Å². The normalized spacial score (nSPS) is 14.7. The topological polar surface area (TPSA) is 128 Å². The van der Waals surface area contributed by atoms with Crippen LogP contribution in [-0.4, -0.2) is 44.5 Å². The molecule has 0 aliphatic heterocycles. The zero-order valence-electron chi connectivity index (χ0n) is 19.6. The van der Waals surface area contributed by atoms with E-state index >= 15 is 0 Å². The second-order valence-corrected chi connectivity index (χ2v) is 8.67. The van der Waals surface area contributed by atoms with Crippen molar-refractivity contribution in [2.24, 2.45) is 5.10 Å². The third-order valence-electron chi connectivity index (χ3n) is 6.25. The Morgan fingerprint density at radius 1 is 1.20 bits per heavy atom. The molecule has 35 heavy (non-hydrogen) atoms. The number of carbonyl (C=O) groups is 1. The van der Waals surface area contributed by atoms with E-state index < -0.39 is 0 Å². The van der Waals surface area contributed by atoms with Gasteiger partial charge in [-0.2, -0.15) is 9.78 Å². The fourth-order valence-corrected chi connectivity index (χ4v) is 4.50. The van der Waals surface area contributed by atoms with Crippen molar-refractivity contribution in [3.63, 3.8) is 0 Å². The first-order chi connectivity index (χ1) is 17.0. The molecule has 2 aromatic heterocycles. The molecule has 0 bridgehead atoms. The fourth-order valence-electron chi connectivity index (χ4n) is 4.50. The number of aromatic hydroxyl groups is 1. The van der Waals surface area contributed by atoms with Gasteiger partial charge in [-0.25, -0.2) is 9.97 Å². The summed E-state index contributed by atoms with van der Waals surface area (Å²) in [6.07, 6.45) is 6.90. The van der Waals surface area contributed by atoms with Crippen molar-refractivity contribution in [2.75, 3.05) is 12.3 Å². The Morgan fingerprint density at radius 3 is 2.69 bits per heavy atom. The summed E-state index contributed by atoms with van der Waals surface area (Å²) in [6.45, 7) is 2.27. The lowest BCUT2D eigenvalue weighted by Gasteiger charge is -2.22. The van der Waals surface area contributed by atoms with Gasteiger partial charge in [0.05, 0.1) is 23.9 Å². The van der Waals surface area contributed by atoms with Gasteiger partial charge < -0.3 is 20.9 Å². The maximum Gasteiger partial charge on any atom is 0.257 e. The molecule has 2 aromatic carbocycles. The van der Waals surface area contributed by atoms with Crippen LogP contribution in [0.2, 0.25) is 0 Å². The van der Waals surface area contributed by atoms with Crippen LogP contribution in [0.15, 0.2) is 47.6 Å². The number of hydrogen-bond acceptors (Lipinski definition) is 7. The Hall–Kier alpha value is -4.14. The van der Waals surface area contributed by atoms with E-state index in [0.29, 0.717) is 40.1 Å². The van der Waals surface area contributed by atoms with Gasteiger partial charge in [-0.05, 0) is 55.7 Å². The third kappa shape index (κ3) is 4.49. The monoisotopic (exact) mass is 472 g/mol. The summed E-state index contributed by atoms with van der Waals surface area (Å²) in [5.41, 5.74) is 9.62. The maximum atomic E-state index is 13.4. The molecule has 0 unspecified atom stereocenters. The highest BCUT2D eigenvalue weighted by molar-refractivity contribution is 6.10. The number of fused-ring (bicyclic) bond motifs is 2. The number of aromatic nitrogens is 3. The second-order valence-electron chi connectivity index (χ2n) is 8.67. The average Bonchev–Trinajstić information content (AvgIpc) is 3.13. The van der Waals surface area contributed by atoms with Crippen LogP contribution in [0.25, 0.3) is 22.2 Å². The summed E-state index contributed by atoms with van der Waals surface area (Å²) >= 11 is 0. The highest BCUT2D eigenvalue weighted by atomic mass is 16.5. The van der Waals surface area contributed by atoms with E-state index in [0.717, 1.165) is 25.7 Å². The molecule has 1 fully saturated rings. The van der Waals surface area contributed by atoms with Crippen LogP contribution in [0.5, 0.6) is 11.5 Å². The molecule has 1 aliphatic rings. The molecule has 1 saturated carbocycles. The summed E-state index contributed by atoms with van der Waals surface area (Å²) in [4.78, 5) is 22.8. The molecule has 180 valence electrons. The zero-order valence-corrected chi connectivity index (χ0v) is 19.6. The molecule has 5 rings (SSSR count). The SMILES string of the molecule is CCOc1cc(/C=N/n2c(N)c(C(=O)NC3CCCCC3)c3nc4ccccc4nc32)ccc1O. The quantitative estimate of drug-likeness (QED) is 0.361. The van der Waals surface area contributed by atoms with Gasteiger partial charge >= 0.3 is 0 Å². The zero-order chi connectivity index (χ0) is 24.4. The van der Waals surface area contributed by atoms with Crippen LogP contribution in [-0.2, 0) is 0 Å². The van der Waals surface area contributed by atoms with Crippen molar-refractivity contribution in [2.45, 2.75) is 45.1 Å². The standard InChI is InChI=1S/C26H28N6O3/c1-2-35-21-14-16(12-13-20(21)33)15-28-32-24(27)22(26(34)29-17-8-4-3-5-9-17)23-25(32)31-19-11-7-6-10-18(19)30-23/h6-7,10-15,17,33H,2-5,8-9,27H2,1H3,(H,29,34)/b28-15+. The van der Waals surface area contributed by atoms with E-state index in [9.17, 15) is 9.90 Å². The Balaban J connectivity index is 1.59. The lowest BCUT2D eigenvalue weighted by atomic mass is 9.95. The van der Waals surface area contributed by atoms with Gasteiger partial charge in [-0.3, -0.25) is 4.79 Å². The molecule has 0 radical (unpaired) electrons. The van der Waals surface area contributed by atoms with Crippen LogP contribution in [0.4, 0.5) is 5.82 Å². The second kappa shape index (κ2) is 9.61. The molecule has 9 heteroatoms. The molecule has 1 aliphatic carbocycles. The summed E-state index contributed by atoms with van der Waals surface area (Å²) in [7, 11) is 0. The number of para-hydroxylation sites is 2. The molecule has 4 aromatic rings. The van der Waals surface area contributed by atoms with Gasteiger partial charge in [0.25, 0.3) is 5.91 Å². The van der Waals surface area contributed by atoms with Gasteiger partial charge in [0, 0.05) is 6.04 Å². The number of nitrogens with two attached hydrogens (primary N) is 1. The van der Waals surface area contributed by atoms with E-state index in [1.54, 1.807) is 24.4 Å². The molecule has 0 atom stereocenters. The van der Waals surface area contributed by atoms with Gasteiger partial charge in [0.15, 0.2) is 17.1 Å². The van der Waals surface area contributed by atoms with Crippen LogP contribution in [0, 0.1) is 0 Å². The molecule has 2 heterocycles. The molecule has 4 N–H and O–H groups in total. The highest BCUT2D eigenvalue weighted by Crippen LogP contribution is 2.29. The minimum absolute atomic E-state index is 0.0499. The summed E-state index contributed by atoms with van der Waals surface area (Å²) in [5.74, 6) is 0.318. The van der Waals surface area contributed by atoms with E-state index in [2.05, 4.69) is 10.4 Å². The first-order valence-electron chi connectivity index (χ1n) is 11.9. The van der Waals surface area contributed by atoms with E-state index in [1.165, 1.54) is 11.1 Å². The van der Waals surface area contributed by atoms with Crippen LogP contribution in [0.3, 0.4) is 0 Å². The summed E-state index contributed by atoms with van der Waals surface area (Å²) in [6, 6.07) is 12.5. The number of nitrogens with one attached hydrogen (secondary N) is 1. The van der Waals surface area contributed by atoms with Gasteiger partial charge in [-0.1, -0.05) is 31.4 Å². The first-order valence-corrected chi connectivity index (χ1v) is 11.9. The summed E-state index contributed by atoms with van der Waals surface area (Å²) < 4.78 is 6.90. The molecular weight excluding hydrogens is 444 g/mol. The molecular formula is C26H28N6O3. The number of ether oxygens (including phenoxy) is 1. The van der Waals surface area contributed by atoms with Crippen molar-refractivity contribution in [3.8, 4) is 11.5 Å².